The monoisotopic (exact) mass is 385 g/mol. The topological polar surface area (TPSA) is 48.4 Å². The van der Waals surface area contributed by atoms with Crippen molar-refractivity contribution < 1.29 is 14.3 Å². The van der Waals surface area contributed by atoms with Gasteiger partial charge in [-0.3, -0.25) is 4.79 Å². The van der Waals surface area contributed by atoms with E-state index in [1.807, 2.05) is 66.9 Å². The van der Waals surface area contributed by atoms with E-state index in [1.165, 1.54) is 23.1 Å². The number of hydrogen-bond acceptors (Lipinski definition) is 6. The summed E-state index contributed by atoms with van der Waals surface area (Å²) >= 11 is 3.01. The second-order valence-corrected chi connectivity index (χ2v) is 7.83. The van der Waals surface area contributed by atoms with E-state index in [0.29, 0.717) is 0 Å². The van der Waals surface area contributed by atoms with Gasteiger partial charge in [-0.25, -0.2) is 4.98 Å². The molecule has 0 radical (unpaired) electrons. The summed E-state index contributed by atoms with van der Waals surface area (Å²) in [6.45, 7) is 2.03. The van der Waals surface area contributed by atoms with Crippen molar-refractivity contribution in [1.82, 2.24) is 4.98 Å². The fraction of sp³-hybridized carbons (Fsp3) is 0.200. The quantitative estimate of drug-likeness (QED) is 0.421. The number of thiazole rings is 1. The van der Waals surface area contributed by atoms with Crippen LogP contribution in [0.5, 0.6) is 5.75 Å². The van der Waals surface area contributed by atoms with Crippen molar-refractivity contribution in [2.45, 2.75) is 23.7 Å². The van der Waals surface area contributed by atoms with E-state index in [0.717, 1.165) is 26.9 Å². The van der Waals surface area contributed by atoms with Crippen LogP contribution < -0.4 is 4.74 Å². The molecule has 0 N–H and O–H groups in total. The molecule has 1 atom stereocenters. The summed E-state index contributed by atoms with van der Waals surface area (Å²) in [5.74, 6) is 0.548. The van der Waals surface area contributed by atoms with Gasteiger partial charge in [-0.05, 0) is 31.2 Å². The zero-order chi connectivity index (χ0) is 18.4. The van der Waals surface area contributed by atoms with Crippen LogP contribution in [-0.4, -0.2) is 23.3 Å². The summed E-state index contributed by atoms with van der Waals surface area (Å²) in [6, 6.07) is 17.6. The highest BCUT2D eigenvalue weighted by Crippen LogP contribution is 2.27. The van der Waals surface area contributed by atoms with Crippen molar-refractivity contribution in [2.75, 3.05) is 7.11 Å². The highest BCUT2D eigenvalue weighted by Gasteiger charge is 2.16. The number of ether oxygens (including phenoxy) is 2. The molecule has 0 spiro atoms. The number of hydrogen-bond donors (Lipinski definition) is 0. The largest absolute Gasteiger partial charge is 0.497 e. The van der Waals surface area contributed by atoms with E-state index in [1.54, 1.807) is 7.11 Å². The molecule has 2 aromatic carbocycles. The van der Waals surface area contributed by atoms with Crippen molar-refractivity contribution in [2.24, 2.45) is 0 Å². The molecular weight excluding hydrogens is 366 g/mol. The van der Waals surface area contributed by atoms with Crippen LogP contribution in [0.15, 0.2) is 64.9 Å². The first-order valence-electron chi connectivity index (χ1n) is 8.13. The van der Waals surface area contributed by atoms with E-state index >= 15 is 0 Å². The average Bonchev–Trinajstić information content (AvgIpc) is 3.16. The molecule has 0 fully saturated rings. The first kappa shape index (κ1) is 18.5. The number of thioether (sulfide) groups is 1. The molecule has 0 aliphatic rings. The Morgan fingerprint density at radius 1 is 1.19 bits per heavy atom. The summed E-state index contributed by atoms with van der Waals surface area (Å²) in [6.07, 6.45) is 0. The Morgan fingerprint density at radius 3 is 2.77 bits per heavy atom. The minimum Gasteiger partial charge on any atom is -0.497 e. The molecule has 4 nitrogen and oxygen atoms in total. The summed E-state index contributed by atoms with van der Waals surface area (Å²) < 4.78 is 10.7. The Labute approximate surface area is 161 Å². The maximum absolute atomic E-state index is 12.2. The van der Waals surface area contributed by atoms with Gasteiger partial charge in [0.05, 0.1) is 12.8 Å². The summed E-state index contributed by atoms with van der Waals surface area (Å²) in [4.78, 5) is 17.8. The molecule has 0 aliphatic carbocycles. The predicted octanol–water partition coefficient (Wildman–Crippen LogP) is 5.04. The van der Waals surface area contributed by atoms with E-state index in [-0.39, 0.29) is 17.8 Å². The fourth-order valence-corrected chi connectivity index (χ4v) is 3.96. The highest BCUT2D eigenvalue weighted by atomic mass is 32.2. The van der Waals surface area contributed by atoms with Crippen LogP contribution in [0, 0.1) is 0 Å². The lowest BCUT2D eigenvalue weighted by molar-refractivity contribution is -0.144. The Balaban J connectivity index is 1.56. The van der Waals surface area contributed by atoms with Crippen LogP contribution in [-0.2, 0) is 16.1 Å². The van der Waals surface area contributed by atoms with Crippen LogP contribution in [0.1, 0.15) is 12.6 Å². The summed E-state index contributed by atoms with van der Waals surface area (Å²) in [5.41, 5.74) is 1.73. The van der Waals surface area contributed by atoms with Crippen LogP contribution in [0.25, 0.3) is 10.6 Å². The number of carbonyl (C=O) groups is 1. The molecule has 0 aliphatic heterocycles. The van der Waals surface area contributed by atoms with Crippen molar-refractivity contribution in [3.63, 3.8) is 0 Å². The first-order valence-corrected chi connectivity index (χ1v) is 9.89. The lowest BCUT2D eigenvalue weighted by Crippen LogP contribution is -2.16. The average molecular weight is 386 g/mol. The van der Waals surface area contributed by atoms with Gasteiger partial charge in [0.1, 0.15) is 22.6 Å². The van der Waals surface area contributed by atoms with Crippen LogP contribution in [0.3, 0.4) is 0 Å². The van der Waals surface area contributed by atoms with Gasteiger partial charge in [-0.2, -0.15) is 0 Å². The second-order valence-electron chi connectivity index (χ2n) is 5.56. The van der Waals surface area contributed by atoms with Gasteiger partial charge in [0, 0.05) is 15.8 Å². The van der Waals surface area contributed by atoms with Crippen molar-refractivity contribution in [3.8, 4) is 16.3 Å². The molecule has 26 heavy (non-hydrogen) atoms. The van der Waals surface area contributed by atoms with E-state index in [4.69, 9.17) is 9.47 Å². The summed E-state index contributed by atoms with van der Waals surface area (Å²) in [5, 5.41) is 2.52. The van der Waals surface area contributed by atoms with E-state index < -0.39 is 0 Å². The standard InChI is InChI=1S/C20H19NO3S2/c1-14(26-18-9-4-3-5-10-18)20(22)24-12-16-13-25-19(21-16)15-7-6-8-17(11-15)23-2/h3-11,13-14H,12H2,1-2H3. The maximum atomic E-state index is 12.2. The zero-order valence-corrected chi connectivity index (χ0v) is 16.2. The minimum atomic E-state index is -0.270. The Kier molecular flexibility index (Phi) is 6.30. The molecule has 6 heteroatoms. The normalized spacial score (nSPS) is 11.8. The molecule has 0 saturated heterocycles. The Hall–Kier alpha value is -2.31. The van der Waals surface area contributed by atoms with Gasteiger partial charge in [0.25, 0.3) is 0 Å². The smallest absolute Gasteiger partial charge is 0.319 e. The van der Waals surface area contributed by atoms with Gasteiger partial charge in [-0.15, -0.1) is 23.1 Å². The molecule has 0 saturated carbocycles. The number of methoxy groups -OCH3 is 1. The molecule has 3 aromatic rings. The third-order valence-corrected chi connectivity index (χ3v) is 5.65. The molecule has 0 amide bonds. The van der Waals surface area contributed by atoms with Crippen molar-refractivity contribution >= 4 is 29.1 Å². The maximum Gasteiger partial charge on any atom is 0.319 e. The number of rotatable bonds is 7. The minimum absolute atomic E-state index is 0.180. The van der Waals surface area contributed by atoms with Gasteiger partial charge >= 0.3 is 5.97 Å². The molecular formula is C20H19NO3S2. The Bertz CT molecular complexity index is 864. The van der Waals surface area contributed by atoms with Gasteiger partial charge in [-0.1, -0.05) is 30.3 Å². The molecule has 1 heterocycles. The van der Waals surface area contributed by atoms with Crippen LogP contribution in [0.4, 0.5) is 0 Å². The first-order chi connectivity index (χ1) is 12.7. The molecule has 1 unspecified atom stereocenters. The third-order valence-electron chi connectivity index (χ3n) is 3.62. The number of benzene rings is 2. The third kappa shape index (κ3) is 4.86. The number of esters is 1. The predicted molar refractivity (Wildman–Crippen MR) is 106 cm³/mol. The second kappa shape index (κ2) is 8.87. The number of nitrogens with zero attached hydrogens (tertiary/aromatic N) is 1. The zero-order valence-electron chi connectivity index (χ0n) is 14.5. The van der Waals surface area contributed by atoms with Crippen LogP contribution in [0.2, 0.25) is 0 Å². The van der Waals surface area contributed by atoms with Gasteiger partial charge in [0.2, 0.25) is 0 Å². The molecule has 0 bridgehead atoms. The van der Waals surface area contributed by atoms with E-state index in [9.17, 15) is 4.79 Å². The molecule has 3 rings (SSSR count). The Morgan fingerprint density at radius 2 is 2.00 bits per heavy atom. The highest BCUT2D eigenvalue weighted by molar-refractivity contribution is 8.00. The van der Waals surface area contributed by atoms with Crippen LogP contribution >= 0.6 is 23.1 Å². The lowest BCUT2D eigenvalue weighted by atomic mass is 10.2. The van der Waals surface area contributed by atoms with Gasteiger partial charge < -0.3 is 9.47 Å². The number of carbonyl (C=O) groups excluding carboxylic acids is 1. The van der Waals surface area contributed by atoms with Crippen molar-refractivity contribution in [3.05, 3.63) is 65.7 Å². The van der Waals surface area contributed by atoms with E-state index in [2.05, 4.69) is 4.98 Å². The van der Waals surface area contributed by atoms with Gasteiger partial charge in [0.15, 0.2) is 0 Å². The van der Waals surface area contributed by atoms with Crippen molar-refractivity contribution in [1.29, 1.82) is 0 Å². The summed E-state index contributed by atoms with van der Waals surface area (Å²) in [7, 11) is 1.64. The fourth-order valence-electron chi connectivity index (χ4n) is 2.28. The number of aromatic nitrogens is 1. The SMILES string of the molecule is COc1cccc(-c2nc(COC(=O)C(C)Sc3ccccc3)cs2)c1. The lowest BCUT2D eigenvalue weighted by Gasteiger charge is -2.10. The molecule has 1 aromatic heterocycles. The molecule has 134 valence electrons.